The lowest BCUT2D eigenvalue weighted by atomic mass is 10.1. The number of amides is 1. The van der Waals surface area contributed by atoms with Crippen molar-refractivity contribution in [1.82, 2.24) is 15.5 Å². The van der Waals surface area contributed by atoms with Crippen molar-refractivity contribution < 1.29 is 14.3 Å². The largest absolute Gasteiger partial charge is 0.497 e. The van der Waals surface area contributed by atoms with Gasteiger partial charge in [0.2, 0.25) is 5.91 Å². The molecule has 2 N–H and O–H groups in total. The number of guanidine groups is 1. The predicted molar refractivity (Wildman–Crippen MR) is 117 cm³/mol. The highest BCUT2D eigenvalue weighted by atomic mass is 16.5. The molecule has 0 spiro atoms. The first kappa shape index (κ1) is 22.8. The van der Waals surface area contributed by atoms with Gasteiger partial charge in [0.05, 0.1) is 19.8 Å². The highest BCUT2D eigenvalue weighted by Crippen LogP contribution is 2.30. The van der Waals surface area contributed by atoms with E-state index in [1.165, 1.54) is 12.8 Å². The third kappa shape index (κ3) is 7.48. The van der Waals surface area contributed by atoms with Gasteiger partial charge in [-0.2, -0.15) is 0 Å². The van der Waals surface area contributed by atoms with Gasteiger partial charge in [0.25, 0.3) is 0 Å². The number of hydrogen-bond acceptors (Lipinski definition) is 4. The summed E-state index contributed by atoms with van der Waals surface area (Å²) in [5.74, 6) is 2.23. The average Bonchev–Trinajstić information content (AvgIpc) is 3.14. The Hall–Kier alpha value is -2.44. The summed E-state index contributed by atoms with van der Waals surface area (Å²) in [6.07, 6.45) is 4.89. The number of hydrogen-bond donors (Lipinski definition) is 2. The molecule has 0 saturated heterocycles. The van der Waals surface area contributed by atoms with Gasteiger partial charge < -0.3 is 25.0 Å². The van der Waals surface area contributed by atoms with Crippen molar-refractivity contribution >= 4 is 11.9 Å². The Balaban J connectivity index is 2.01. The predicted octanol–water partition coefficient (Wildman–Crippen LogP) is 2.94. The van der Waals surface area contributed by atoms with E-state index in [9.17, 15) is 4.79 Å². The monoisotopic (exact) mass is 404 g/mol. The minimum atomic E-state index is -0.259. The fraction of sp³-hybridized carbons (Fsp3) is 0.636. The van der Waals surface area contributed by atoms with Crippen molar-refractivity contribution in [3.05, 3.63) is 23.8 Å². The van der Waals surface area contributed by atoms with E-state index in [2.05, 4.69) is 15.6 Å². The van der Waals surface area contributed by atoms with E-state index in [4.69, 9.17) is 9.47 Å². The number of aliphatic imine (C=N–C) groups is 1. The van der Waals surface area contributed by atoms with Gasteiger partial charge >= 0.3 is 0 Å². The van der Waals surface area contributed by atoms with Crippen LogP contribution in [0.5, 0.6) is 11.5 Å². The summed E-state index contributed by atoms with van der Waals surface area (Å²) in [6, 6.07) is 5.88. The Morgan fingerprint density at radius 1 is 1.28 bits per heavy atom. The minimum Gasteiger partial charge on any atom is -0.497 e. The van der Waals surface area contributed by atoms with Gasteiger partial charge in [-0.1, -0.05) is 0 Å². The Bertz CT molecular complexity index is 706. The highest BCUT2D eigenvalue weighted by molar-refractivity contribution is 5.86. The van der Waals surface area contributed by atoms with Crippen molar-refractivity contribution in [2.75, 3.05) is 27.7 Å². The van der Waals surface area contributed by atoms with Gasteiger partial charge in [0.1, 0.15) is 11.5 Å². The number of benzene rings is 1. The highest BCUT2D eigenvalue weighted by Gasteiger charge is 2.20. The molecule has 1 aromatic rings. The molecule has 1 aliphatic rings. The maximum Gasteiger partial charge on any atom is 0.240 e. The van der Waals surface area contributed by atoms with Crippen LogP contribution in [0.2, 0.25) is 0 Å². The Kier molecular flexibility index (Phi) is 8.17. The molecule has 0 radical (unpaired) electrons. The van der Waals surface area contributed by atoms with Crippen molar-refractivity contribution in [1.29, 1.82) is 0 Å². The number of carbonyl (C=O) groups excluding carboxylic acids is 1. The molecule has 0 atom stereocenters. The van der Waals surface area contributed by atoms with Gasteiger partial charge in [-0.25, -0.2) is 0 Å². The first-order chi connectivity index (χ1) is 13.7. The van der Waals surface area contributed by atoms with Gasteiger partial charge in [-0.3, -0.25) is 9.79 Å². The maximum absolute atomic E-state index is 12.2. The SMILES string of the molecule is CN=C(NCc1ccc(OC)cc1OC1CCCC1)N(C)CC(=O)NC(C)(C)C. The second-order valence-corrected chi connectivity index (χ2v) is 8.55. The second-order valence-electron chi connectivity index (χ2n) is 8.55. The standard InChI is InChI=1S/C22H36N4O3/c1-22(2,3)25-20(27)15-26(5)21(23-4)24-14-16-11-12-18(28-6)13-19(16)29-17-9-7-8-10-17/h11-13,17H,7-10,14-15H2,1-6H3,(H,23,24)(H,25,27). The second kappa shape index (κ2) is 10.4. The number of rotatable bonds is 7. The molecule has 1 aromatic carbocycles. The molecule has 0 heterocycles. The number of nitrogens with one attached hydrogen (secondary N) is 2. The zero-order valence-electron chi connectivity index (χ0n) is 18.7. The Labute approximate surface area is 174 Å². The lowest BCUT2D eigenvalue weighted by Crippen LogP contribution is -2.48. The molecule has 0 unspecified atom stereocenters. The van der Waals surface area contributed by atoms with Crippen LogP contribution in [0.1, 0.15) is 52.0 Å². The summed E-state index contributed by atoms with van der Waals surface area (Å²) in [5.41, 5.74) is 0.774. The van der Waals surface area contributed by atoms with Crippen LogP contribution in [0.15, 0.2) is 23.2 Å². The lowest BCUT2D eigenvalue weighted by molar-refractivity contribution is -0.122. The first-order valence-corrected chi connectivity index (χ1v) is 10.3. The van der Waals surface area contributed by atoms with Crippen molar-refractivity contribution in [2.24, 2.45) is 4.99 Å². The number of likely N-dealkylation sites (N-methyl/N-ethyl adjacent to an activating group) is 1. The van der Waals surface area contributed by atoms with Crippen LogP contribution in [0.3, 0.4) is 0 Å². The van der Waals surface area contributed by atoms with E-state index in [1.807, 2.05) is 50.9 Å². The molecule has 1 saturated carbocycles. The van der Waals surface area contributed by atoms with Crippen LogP contribution < -0.4 is 20.1 Å². The van der Waals surface area contributed by atoms with E-state index in [0.29, 0.717) is 12.5 Å². The van der Waals surface area contributed by atoms with E-state index in [0.717, 1.165) is 29.9 Å². The zero-order valence-corrected chi connectivity index (χ0v) is 18.7. The third-order valence-electron chi connectivity index (χ3n) is 4.78. The maximum atomic E-state index is 12.2. The molecule has 29 heavy (non-hydrogen) atoms. The lowest BCUT2D eigenvalue weighted by Gasteiger charge is -2.25. The van der Waals surface area contributed by atoms with Gasteiger partial charge in [0.15, 0.2) is 5.96 Å². The molecule has 7 nitrogen and oxygen atoms in total. The molecular weight excluding hydrogens is 368 g/mol. The van der Waals surface area contributed by atoms with E-state index in [-0.39, 0.29) is 24.1 Å². The third-order valence-corrected chi connectivity index (χ3v) is 4.78. The van der Waals surface area contributed by atoms with Crippen LogP contribution in [0.25, 0.3) is 0 Å². The minimum absolute atomic E-state index is 0.0438. The molecule has 1 fully saturated rings. The summed E-state index contributed by atoms with van der Waals surface area (Å²) < 4.78 is 11.6. The quantitative estimate of drug-likeness (QED) is 0.540. The summed E-state index contributed by atoms with van der Waals surface area (Å²) in [7, 11) is 5.22. The normalized spacial score (nSPS) is 15.2. The fourth-order valence-electron chi connectivity index (χ4n) is 3.41. The summed E-state index contributed by atoms with van der Waals surface area (Å²) >= 11 is 0. The van der Waals surface area contributed by atoms with E-state index < -0.39 is 0 Å². The van der Waals surface area contributed by atoms with Gasteiger partial charge in [0, 0.05) is 37.8 Å². The summed E-state index contributed by atoms with van der Waals surface area (Å²) in [4.78, 5) is 18.3. The molecule has 162 valence electrons. The molecule has 0 bridgehead atoms. The molecule has 0 aromatic heterocycles. The van der Waals surface area contributed by atoms with E-state index >= 15 is 0 Å². The average molecular weight is 405 g/mol. The van der Waals surface area contributed by atoms with Crippen LogP contribution in [0, 0.1) is 0 Å². The van der Waals surface area contributed by atoms with Crippen LogP contribution in [0.4, 0.5) is 0 Å². The van der Waals surface area contributed by atoms with Crippen molar-refractivity contribution in [3.8, 4) is 11.5 Å². The molecule has 7 heteroatoms. The molecule has 2 rings (SSSR count). The molecular formula is C22H36N4O3. The van der Waals surface area contributed by atoms with E-state index in [1.54, 1.807) is 14.2 Å². The van der Waals surface area contributed by atoms with Gasteiger partial charge in [-0.05, 0) is 58.6 Å². The summed E-state index contributed by atoms with van der Waals surface area (Å²) in [6.45, 7) is 6.67. The fourth-order valence-corrected chi connectivity index (χ4v) is 3.41. The molecule has 1 amide bonds. The van der Waals surface area contributed by atoms with Crippen molar-refractivity contribution in [2.45, 2.75) is 64.6 Å². The zero-order chi connectivity index (χ0) is 21.4. The Morgan fingerprint density at radius 3 is 2.55 bits per heavy atom. The van der Waals surface area contributed by atoms with Crippen molar-refractivity contribution in [3.63, 3.8) is 0 Å². The molecule has 0 aliphatic heterocycles. The number of nitrogens with zero attached hydrogens (tertiary/aromatic N) is 2. The number of methoxy groups -OCH3 is 1. The van der Waals surface area contributed by atoms with Crippen LogP contribution in [-0.2, 0) is 11.3 Å². The molecule has 1 aliphatic carbocycles. The van der Waals surface area contributed by atoms with Gasteiger partial charge in [-0.15, -0.1) is 0 Å². The van der Waals surface area contributed by atoms with Crippen LogP contribution >= 0.6 is 0 Å². The topological polar surface area (TPSA) is 75.2 Å². The number of carbonyl (C=O) groups is 1. The first-order valence-electron chi connectivity index (χ1n) is 10.3. The summed E-state index contributed by atoms with van der Waals surface area (Å²) in [5, 5.41) is 6.30. The van der Waals surface area contributed by atoms with Crippen LogP contribution in [-0.4, -0.2) is 56.2 Å². The smallest absolute Gasteiger partial charge is 0.240 e. The number of ether oxygens (including phenoxy) is 2. The Morgan fingerprint density at radius 2 is 1.97 bits per heavy atom.